The van der Waals surface area contributed by atoms with Gasteiger partial charge in [-0.1, -0.05) is 90.5 Å². The van der Waals surface area contributed by atoms with Crippen LogP contribution in [0.2, 0.25) is 0 Å². The second-order valence-electron chi connectivity index (χ2n) is 8.79. The summed E-state index contributed by atoms with van der Waals surface area (Å²) in [4.78, 5) is 0. The molecule has 1 heteroatoms. The van der Waals surface area contributed by atoms with Gasteiger partial charge in [0.05, 0.1) is 11.0 Å². The molecular weight excluding hydrogens is 398 g/mol. The van der Waals surface area contributed by atoms with E-state index < -0.39 is 0 Å². The van der Waals surface area contributed by atoms with Gasteiger partial charge < -0.3 is 4.57 Å². The third-order valence-corrected chi connectivity index (χ3v) is 6.45. The average Bonchev–Trinajstić information content (AvgIpc) is 3.18. The first-order valence-electron chi connectivity index (χ1n) is 11.5. The van der Waals surface area contributed by atoms with E-state index in [0.29, 0.717) is 0 Å². The van der Waals surface area contributed by atoms with Crippen molar-refractivity contribution in [2.75, 3.05) is 0 Å². The van der Waals surface area contributed by atoms with Crippen molar-refractivity contribution in [2.24, 2.45) is 0 Å². The quantitative estimate of drug-likeness (QED) is 0.268. The summed E-state index contributed by atoms with van der Waals surface area (Å²) in [5, 5.41) is 2.60. The molecule has 0 N–H and O–H groups in total. The first-order chi connectivity index (χ1) is 16.3. The van der Waals surface area contributed by atoms with E-state index in [2.05, 4.69) is 133 Å². The summed E-state index contributed by atoms with van der Waals surface area (Å²) in [6.45, 7) is 2.15. The highest BCUT2D eigenvalue weighted by molar-refractivity contribution is 6.10. The van der Waals surface area contributed by atoms with Gasteiger partial charge >= 0.3 is 0 Å². The summed E-state index contributed by atoms with van der Waals surface area (Å²) >= 11 is 0. The molecule has 6 rings (SSSR count). The van der Waals surface area contributed by atoms with Gasteiger partial charge in [0, 0.05) is 16.5 Å². The van der Waals surface area contributed by atoms with Crippen LogP contribution in [0.1, 0.15) is 16.7 Å². The first-order valence-corrected chi connectivity index (χ1v) is 11.5. The predicted octanol–water partition coefficient (Wildman–Crippen LogP) is 8.35. The SMILES string of the molecule is Cc1cccc(-c2ccc3c(c2)c2cc(Cc4ccccc4)ccc2n3-c2ccccc2)c1. The highest BCUT2D eigenvalue weighted by Gasteiger charge is 2.14. The molecule has 33 heavy (non-hydrogen) atoms. The van der Waals surface area contributed by atoms with Gasteiger partial charge in [0.25, 0.3) is 0 Å². The molecule has 5 aromatic carbocycles. The van der Waals surface area contributed by atoms with Crippen molar-refractivity contribution in [1.29, 1.82) is 0 Å². The summed E-state index contributed by atoms with van der Waals surface area (Å²) in [6, 6.07) is 43.9. The zero-order valence-corrected chi connectivity index (χ0v) is 18.7. The Balaban J connectivity index is 1.59. The molecule has 0 fully saturated rings. The van der Waals surface area contributed by atoms with Crippen LogP contribution in [-0.2, 0) is 6.42 Å². The molecule has 1 aromatic heterocycles. The molecule has 0 aliphatic heterocycles. The van der Waals surface area contributed by atoms with E-state index in [0.717, 1.165) is 6.42 Å². The van der Waals surface area contributed by atoms with E-state index in [9.17, 15) is 0 Å². The van der Waals surface area contributed by atoms with Gasteiger partial charge in [0.15, 0.2) is 0 Å². The fraction of sp³-hybridized carbons (Fsp3) is 0.0625. The van der Waals surface area contributed by atoms with Crippen molar-refractivity contribution in [1.82, 2.24) is 4.57 Å². The molecule has 0 saturated carbocycles. The largest absolute Gasteiger partial charge is 0.309 e. The van der Waals surface area contributed by atoms with Crippen molar-refractivity contribution >= 4 is 21.8 Å². The summed E-state index contributed by atoms with van der Waals surface area (Å²) in [5.41, 5.74) is 10.1. The van der Waals surface area contributed by atoms with Gasteiger partial charge in [-0.2, -0.15) is 0 Å². The molecule has 0 spiro atoms. The number of nitrogens with zero attached hydrogens (tertiary/aromatic N) is 1. The minimum absolute atomic E-state index is 0.937. The lowest BCUT2D eigenvalue weighted by Crippen LogP contribution is -1.93. The summed E-state index contributed by atoms with van der Waals surface area (Å²) < 4.78 is 2.39. The zero-order chi connectivity index (χ0) is 22.2. The maximum absolute atomic E-state index is 2.39. The molecule has 0 amide bonds. The maximum Gasteiger partial charge on any atom is 0.0541 e. The molecule has 6 aromatic rings. The van der Waals surface area contributed by atoms with Gasteiger partial charge in [-0.15, -0.1) is 0 Å². The molecule has 0 radical (unpaired) electrons. The van der Waals surface area contributed by atoms with Gasteiger partial charge in [0.2, 0.25) is 0 Å². The Morgan fingerprint density at radius 3 is 1.94 bits per heavy atom. The van der Waals surface area contributed by atoms with Crippen molar-refractivity contribution in [3.05, 3.63) is 138 Å². The van der Waals surface area contributed by atoms with Gasteiger partial charge in [-0.05, 0) is 72.0 Å². The Hall–Kier alpha value is -4.10. The van der Waals surface area contributed by atoms with Crippen LogP contribution in [0.25, 0.3) is 38.6 Å². The molecule has 0 bridgehead atoms. The maximum atomic E-state index is 2.39. The number of rotatable bonds is 4. The normalized spacial score (nSPS) is 11.3. The van der Waals surface area contributed by atoms with E-state index in [-0.39, 0.29) is 0 Å². The van der Waals surface area contributed by atoms with Crippen LogP contribution in [0.3, 0.4) is 0 Å². The van der Waals surface area contributed by atoms with Crippen LogP contribution >= 0.6 is 0 Å². The summed E-state index contributed by atoms with van der Waals surface area (Å²) in [5.74, 6) is 0. The average molecular weight is 424 g/mol. The smallest absolute Gasteiger partial charge is 0.0541 e. The van der Waals surface area contributed by atoms with Crippen LogP contribution in [-0.4, -0.2) is 4.57 Å². The Kier molecular flexibility index (Phi) is 4.81. The number of benzene rings is 5. The van der Waals surface area contributed by atoms with Crippen LogP contribution < -0.4 is 0 Å². The predicted molar refractivity (Wildman–Crippen MR) is 140 cm³/mol. The van der Waals surface area contributed by atoms with E-state index in [1.165, 1.54) is 55.3 Å². The molecule has 0 aliphatic rings. The number of hydrogen-bond donors (Lipinski definition) is 0. The van der Waals surface area contributed by atoms with Crippen LogP contribution in [0.5, 0.6) is 0 Å². The minimum Gasteiger partial charge on any atom is -0.309 e. The fourth-order valence-corrected chi connectivity index (χ4v) is 4.87. The van der Waals surface area contributed by atoms with Crippen molar-refractivity contribution in [3.63, 3.8) is 0 Å². The Bertz CT molecular complexity index is 1570. The Morgan fingerprint density at radius 1 is 0.515 bits per heavy atom. The standard InChI is InChI=1S/C32H25N/c1-23-9-8-12-26(19-23)27-16-18-32-30(22-27)29-21-25(20-24-10-4-2-5-11-24)15-17-31(29)33(32)28-13-6-3-7-14-28/h2-19,21-22H,20H2,1H3. The van der Waals surface area contributed by atoms with E-state index in [1.807, 2.05) is 0 Å². The third-order valence-electron chi connectivity index (χ3n) is 6.45. The lowest BCUT2D eigenvalue weighted by atomic mass is 9.99. The minimum atomic E-state index is 0.937. The fourth-order valence-electron chi connectivity index (χ4n) is 4.87. The van der Waals surface area contributed by atoms with Crippen LogP contribution in [0.15, 0.2) is 121 Å². The van der Waals surface area contributed by atoms with Crippen molar-refractivity contribution in [3.8, 4) is 16.8 Å². The molecule has 0 atom stereocenters. The lowest BCUT2D eigenvalue weighted by Gasteiger charge is -2.08. The van der Waals surface area contributed by atoms with E-state index >= 15 is 0 Å². The molecule has 0 unspecified atom stereocenters. The third kappa shape index (κ3) is 3.62. The molecule has 1 nitrogen and oxygen atoms in total. The van der Waals surface area contributed by atoms with Crippen LogP contribution in [0.4, 0.5) is 0 Å². The second kappa shape index (κ2) is 8.11. The second-order valence-corrected chi connectivity index (χ2v) is 8.79. The van der Waals surface area contributed by atoms with E-state index in [4.69, 9.17) is 0 Å². The monoisotopic (exact) mass is 423 g/mol. The summed E-state index contributed by atoms with van der Waals surface area (Å²) in [7, 11) is 0. The van der Waals surface area contributed by atoms with Crippen LogP contribution in [0, 0.1) is 6.92 Å². The van der Waals surface area contributed by atoms with Gasteiger partial charge in [0.1, 0.15) is 0 Å². The summed E-state index contributed by atoms with van der Waals surface area (Å²) in [6.07, 6.45) is 0.937. The topological polar surface area (TPSA) is 4.93 Å². The van der Waals surface area contributed by atoms with Gasteiger partial charge in [-0.25, -0.2) is 0 Å². The Morgan fingerprint density at radius 2 is 1.18 bits per heavy atom. The highest BCUT2D eigenvalue weighted by atomic mass is 15.0. The molecule has 158 valence electrons. The number of hydrogen-bond acceptors (Lipinski definition) is 0. The number of aryl methyl sites for hydroxylation is 1. The lowest BCUT2D eigenvalue weighted by molar-refractivity contribution is 1.17. The van der Waals surface area contributed by atoms with Gasteiger partial charge in [-0.3, -0.25) is 0 Å². The number of para-hydroxylation sites is 1. The number of aromatic nitrogens is 1. The highest BCUT2D eigenvalue weighted by Crippen LogP contribution is 2.35. The zero-order valence-electron chi connectivity index (χ0n) is 18.7. The molecule has 1 heterocycles. The van der Waals surface area contributed by atoms with Crippen molar-refractivity contribution in [2.45, 2.75) is 13.3 Å². The molecule has 0 saturated heterocycles. The Labute approximate surface area is 194 Å². The number of fused-ring (bicyclic) bond motifs is 3. The van der Waals surface area contributed by atoms with E-state index in [1.54, 1.807) is 0 Å². The van der Waals surface area contributed by atoms with Crippen molar-refractivity contribution < 1.29 is 0 Å². The first kappa shape index (κ1) is 19.6. The molecule has 0 aliphatic carbocycles. The molecular formula is C32H25N.